The number of amides is 1. The molecule has 2 atom stereocenters. The Morgan fingerprint density at radius 1 is 1.33 bits per heavy atom. The first-order valence-electron chi connectivity index (χ1n) is 6.68. The van der Waals surface area contributed by atoms with Gasteiger partial charge in [-0.05, 0) is 5.56 Å². The van der Waals surface area contributed by atoms with Crippen LogP contribution in [-0.2, 0) is 25.8 Å². The Morgan fingerprint density at radius 3 is 2.43 bits per heavy atom. The number of carbonyl (C=O) groups excluding carboxylic acids is 2. The van der Waals surface area contributed by atoms with Crippen LogP contribution < -0.4 is 0 Å². The molecule has 21 heavy (non-hydrogen) atoms. The van der Waals surface area contributed by atoms with Gasteiger partial charge >= 0.3 is 5.97 Å². The maximum Gasteiger partial charge on any atom is 0.331 e. The minimum Gasteiger partial charge on any atom is -0.467 e. The van der Waals surface area contributed by atoms with Crippen molar-refractivity contribution in [2.24, 2.45) is 5.92 Å². The fraction of sp³-hybridized carbons (Fsp3) is 0.375. The van der Waals surface area contributed by atoms with Crippen molar-refractivity contribution in [2.45, 2.75) is 26.5 Å². The average Bonchev–Trinajstić information content (AvgIpc) is 2.50. The van der Waals surface area contributed by atoms with E-state index < -0.39 is 12.0 Å². The lowest BCUT2D eigenvalue weighted by atomic mass is 10.0. The summed E-state index contributed by atoms with van der Waals surface area (Å²) in [7, 11) is 1.28. The first-order chi connectivity index (χ1) is 10.0. The van der Waals surface area contributed by atoms with E-state index in [9.17, 15) is 9.59 Å². The summed E-state index contributed by atoms with van der Waals surface area (Å²) >= 11 is 0. The lowest BCUT2D eigenvalue weighted by molar-refractivity contribution is -0.214. The molecule has 0 heterocycles. The Labute approximate surface area is 125 Å². The van der Waals surface area contributed by atoms with Gasteiger partial charge in [-0.25, -0.2) is 9.86 Å². The van der Waals surface area contributed by atoms with Crippen LogP contribution in [0.3, 0.4) is 0 Å². The second kappa shape index (κ2) is 8.21. The van der Waals surface area contributed by atoms with Crippen molar-refractivity contribution in [2.75, 3.05) is 7.11 Å². The van der Waals surface area contributed by atoms with Gasteiger partial charge in [-0.1, -0.05) is 43.3 Å². The normalized spacial score (nSPS) is 13.1. The number of nitrogens with zero attached hydrogens (tertiary/aromatic N) is 1. The standard InChI is InChI=1S/C16H21NO4/c1-5-12(2)15(16(19)20-4)17(13(3)18)21-11-14-9-7-6-8-10-14/h5-10,12,15H,1,11H2,2-4H3. The predicted molar refractivity (Wildman–Crippen MR) is 78.9 cm³/mol. The van der Waals surface area contributed by atoms with E-state index in [0.29, 0.717) is 0 Å². The Morgan fingerprint density at radius 2 is 1.95 bits per heavy atom. The molecule has 0 bridgehead atoms. The van der Waals surface area contributed by atoms with Crippen LogP contribution in [0.2, 0.25) is 0 Å². The Bertz CT molecular complexity index is 486. The van der Waals surface area contributed by atoms with Gasteiger partial charge in [-0.3, -0.25) is 9.63 Å². The molecule has 114 valence electrons. The maximum atomic E-state index is 11.9. The third-order valence-corrected chi connectivity index (χ3v) is 3.09. The molecule has 0 aromatic heterocycles. The number of rotatable bonds is 7. The summed E-state index contributed by atoms with van der Waals surface area (Å²) in [6, 6.07) is 8.55. The average molecular weight is 291 g/mol. The quantitative estimate of drug-likeness (QED) is 0.439. The zero-order chi connectivity index (χ0) is 15.8. The Kier molecular flexibility index (Phi) is 6.62. The van der Waals surface area contributed by atoms with E-state index in [1.807, 2.05) is 30.3 Å². The molecule has 1 aromatic carbocycles. The molecule has 0 N–H and O–H groups in total. The summed E-state index contributed by atoms with van der Waals surface area (Å²) < 4.78 is 4.76. The van der Waals surface area contributed by atoms with Crippen LogP contribution in [0.4, 0.5) is 0 Å². The molecule has 1 rings (SSSR count). The number of ether oxygens (including phenoxy) is 1. The summed E-state index contributed by atoms with van der Waals surface area (Å²) in [4.78, 5) is 29.3. The lowest BCUT2D eigenvalue weighted by Gasteiger charge is -2.30. The van der Waals surface area contributed by atoms with Crippen molar-refractivity contribution in [1.82, 2.24) is 5.06 Å². The van der Waals surface area contributed by atoms with Crippen molar-refractivity contribution in [3.05, 3.63) is 48.6 Å². The molecule has 1 amide bonds. The molecule has 5 heteroatoms. The zero-order valence-corrected chi connectivity index (χ0v) is 12.6. The van der Waals surface area contributed by atoms with Gasteiger partial charge in [0.15, 0.2) is 6.04 Å². The third kappa shape index (κ3) is 4.72. The molecule has 0 spiro atoms. The monoisotopic (exact) mass is 291 g/mol. The molecule has 0 aliphatic carbocycles. The van der Waals surface area contributed by atoms with E-state index in [2.05, 4.69) is 6.58 Å². The predicted octanol–water partition coefficient (Wildman–Crippen LogP) is 2.33. The Balaban J connectivity index is 2.89. The molecule has 2 unspecified atom stereocenters. The van der Waals surface area contributed by atoms with Crippen molar-refractivity contribution in [1.29, 1.82) is 0 Å². The van der Waals surface area contributed by atoms with Gasteiger partial charge in [-0.15, -0.1) is 6.58 Å². The van der Waals surface area contributed by atoms with E-state index in [1.165, 1.54) is 14.0 Å². The van der Waals surface area contributed by atoms with Crippen molar-refractivity contribution >= 4 is 11.9 Å². The van der Waals surface area contributed by atoms with Gasteiger partial charge in [0.2, 0.25) is 5.91 Å². The molecule has 0 fully saturated rings. The maximum absolute atomic E-state index is 11.9. The summed E-state index contributed by atoms with van der Waals surface area (Å²) in [6.45, 7) is 6.97. The molecule has 0 saturated heterocycles. The van der Waals surface area contributed by atoms with Gasteiger partial charge in [0.1, 0.15) is 6.61 Å². The largest absolute Gasteiger partial charge is 0.467 e. The van der Waals surface area contributed by atoms with Crippen LogP contribution in [0, 0.1) is 5.92 Å². The molecule has 0 radical (unpaired) electrons. The van der Waals surface area contributed by atoms with Gasteiger partial charge in [-0.2, -0.15) is 0 Å². The zero-order valence-electron chi connectivity index (χ0n) is 12.6. The number of hydroxylamine groups is 2. The highest BCUT2D eigenvalue weighted by molar-refractivity contribution is 5.83. The van der Waals surface area contributed by atoms with E-state index in [0.717, 1.165) is 10.6 Å². The summed E-state index contributed by atoms with van der Waals surface area (Å²) in [5, 5.41) is 1.06. The molecule has 0 aliphatic heterocycles. The van der Waals surface area contributed by atoms with Crippen LogP contribution >= 0.6 is 0 Å². The minimum atomic E-state index is -0.853. The topological polar surface area (TPSA) is 55.8 Å². The van der Waals surface area contributed by atoms with Crippen LogP contribution in [0.1, 0.15) is 19.4 Å². The van der Waals surface area contributed by atoms with Crippen molar-refractivity contribution in [3.8, 4) is 0 Å². The van der Waals surface area contributed by atoms with Crippen LogP contribution in [0.25, 0.3) is 0 Å². The first kappa shape index (κ1) is 16.9. The van der Waals surface area contributed by atoms with Gasteiger partial charge in [0.25, 0.3) is 0 Å². The number of hydrogen-bond acceptors (Lipinski definition) is 4. The summed E-state index contributed by atoms with van der Waals surface area (Å²) in [5.41, 5.74) is 0.902. The highest BCUT2D eigenvalue weighted by Crippen LogP contribution is 2.16. The van der Waals surface area contributed by atoms with Crippen molar-refractivity contribution < 1.29 is 19.2 Å². The number of benzene rings is 1. The van der Waals surface area contributed by atoms with Gasteiger partial charge < -0.3 is 4.74 Å². The molecule has 0 aliphatic rings. The molecule has 5 nitrogen and oxygen atoms in total. The molecular formula is C16H21NO4. The van der Waals surface area contributed by atoms with E-state index >= 15 is 0 Å². The van der Waals surface area contributed by atoms with Crippen LogP contribution in [-0.4, -0.2) is 30.1 Å². The van der Waals surface area contributed by atoms with E-state index in [1.54, 1.807) is 13.0 Å². The number of hydrogen-bond donors (Lipinski definition) is 0. The second-order valence-electron chi connectivity index (χ2n) is 4.67. The SMILES string of the molecule is C=CC(C)C(C(=O)OC)N(OCc1ccccc1)C(C)=O. The number of carbonyl (C=O) groups is 2. The lowest BCUT2D eigenvalue weighted by Crippen LogP contribution is -2.47. The number of esters is 1. The fourth-order valence-corrected chi connectivity index (χ4v) is 1.86. The molecule has 0 saturated carbocycles. The molecular weight excluding hydrogens is 270 g/mol. The van der Waals surface area contributed by atoms with Crippen LogP contribution in [0.15, 0.2) is 43.0 Å². The minimum absolute atomic E-state index is 0.192. The smallest absolute Gasteiger partial charge is 0.331 e. The van der Waals surface area contributed by atoms with E-state index in [4.69, 9.17) is 9.57 Å². The third-order valence-electron chi connectivity index (χ3n) is 3.09. The van der Waals surface area contributed by atoms with Gasteiger partial charge in [0, 0.05) is 12.8 Å². The second-order valence-corrected chi connectivity index (χ2v) is 4.67. The fourth-order valence-electron chi connectivity index (χ4n) is 1.86. The van der Waals surface area contributed by atoms with Crippen molar-refractivity contribution in [3.63, 3.8) is 0 Å². The van der Waals surface area contributed by atoms with Crippen LogP contribution in [0.5, 0.6) is 0 Å². The highest BCUT2D eigenvalue weighted by atomic mass is 16.7. The summed E-state index contributed by atoms with van der Waals surface area (Å²) in [6.07, 6.45) is 1.59. The Hall–Kier alpha value is -2.14. The van der Waals surface area contributed by atoms with E-state index in [-0.39, 0.29) is 18.4 Å². The highest BCUT2D eigenvalue weighted by Gasteiger charge is 2.33. The first-order valence-corrected chi connectivity index (χ1v) is 6.68. The summed E-state index contributed by atoms with van der Waals surface area (Å²) in [5.74, 6) is -1.20. The number of methoxy groups -OCH3 is 1. The van der Waals surface area contributed by atoms with Gasteiger partial charge in [0.05, 0.1) is 7.11 Å². The molecule has 1 aromatic rings.